The molecule has 4 aromatic rings. The third kappa shape index (κ3) is 7.92. The highest BCUT2D eigenvalue weighted by molar-refractivity contribution is 7.54. The van der Waals surface area contributed by atoms with Crippen LogP contribution in [0.25, 0.3) is 11.2 Å². The molecule has 7 N–H and O–H groups in total. The van der Waals surface area contributed by atoms with E-state index in [4.69, 9.17) is 24.5 Å². The number of carbonyl (C=O) groups is 2. The molecule has 0 amide bonds. The molecule has 2 aromatic carbocycles. The number of ether oxygens (including phenoxy) is 3. The minimum absolute atomic E-state index is 0.0330. The van der Waals surface area contributed by atoms with Gasteiger partial charge in [-0.2, -0.15) is 9.97 Å². The molecule has 5 unspecified atom stereocenters. The quantitative estimate of drug-likeness (QED) is 0.0713. The molecular formula is C35H45N8O9P. The van der Waals surface area contributed by atoms with Crippen molar-refractivity contribution in [1.82, 2.24) is 29.7 Å². The first-order valence-electron chi connectivity index (χ1n) is 17.4. The number of anilines is 2. The zero-order valence-electron chi connectivity index (χ0n) is 29.8. The standard InChI is InChI=1S/C35H45N8O9P/c1-5-49-31(45)25(21-13-9-7-10-14-21)41-53(48,42-26(32(46)50-6-2)22-15-11-8-12-16-22)51-19-24-28(44)35(47,34(3,4)52-24)43-20-37-27-29(38-23-17-18-23)39-33(36)40-30(27)43/h7-16,20,23-26,28,44,47H,5-6,17-19H2,1-4H3,(H2,41,42,48)(H3,36,38,39,40). The molecule has 0 radical (unpaired) electrons. The topological polar surface area (TPSA) is 234 Å². The lowest BCUT2D eigenvalue weighted by Crippen LogP contribution is -2.55. The molecule has 17 nitrogen and oxygen atoms in total. The van der Waals surface area contributed by atoms with Crippen LogP contribution < -0.4 is 21.2 Å². The predicted octanol–water partition coefficient (Wildman–Crippen LogP) is 3.08. The Labute approximate surface area is 306 Å². The van der Waals surface area contributed by atoms with Gasteiger partial charge >= 0.3 is 19.6 Å². The molecule has 1 saturated heterocycles. The number of carbonyl (C=O) groups excluding carboxylic acids is 2. The van der Waals surface area contributed by atoms with E-state index in [0.29, 0.717) is 22.5 Å². The van der Waals surface area contributed by atoms with Gasteiger partial charge in [0.25, 0.3) is 0 Å². The fourth-order valence-corrected chi connectivity index (χ4v) is 8.06. The number of rotatable bonds is 16. The van der Waals surface area contributed by atoms with Gasteiger partial charge in [-0.1, -0.05) is 60.7 Å². The largest absolute Gasteiger partial charge is 0.465 e. The number of benzene rings is 2. The molecule has 5 atom stereocenters. The molecule has 2 aromatic heterocycles. The molecule has 2 aliphatic rings. The lowest BCUT2D eigenvalue weighted by atomic mass is 9.90. The summed E-state index contributed by atoms with van der Waals surface area (Å²) in [6.07, 6.45) is 0.203. The minimum atomic E-state index is -4.54. The molecule has 2 fully saturated rings. The van der Waals surface area contributed by atoms with Crippen LogP contribution in [0.15, 0.2) is 67.0 Å². The Bertz CT molecular complexity index is 1900. The summed E-state index contributed by atoms with van der Waals surface area (Å²) in [7, 11) is -4.54. The van der Waals surface area contributed by atoms with Crippen LogP contribution in [0.2, 0.25) is 0 Å². The number of hydrogen-bond donors (Lipinski definition) is 6. The summed E-state index contributed by atoms with van der Waals surface area (Å²) in [5.74, 6) is -1.19. The van der Waals surface area contributed by atoms with E-state index in [9.17, 15) is 19.8 Å². The van der Waals surface area contributed by atoms with Gasteiger partial charge in [0.15, 0.2) is 17.0 Å². The van der Waals surface area contributed by atoms with E-state index in [1.807, 2.05) is 0 Å². The number of nitrogen functional groups attached to an aromatic ring is 1. The number of fused-ring (bicyclic) bond motifs is 1. The molecule has 284 valence electrons. The molecule has 3 heterocycles. The average Bonchev–Trinajstić information content (AvgIpc) is 3.82. The minimum Gasteiger partial charge on any atom is -0.465 e. The first-order valence-corrected chi connectivity index (χ1v) is 19.0. The summed E-state index contributed by atoms with van der Waals surface area (Å²) >= 11 is 0. The van der Waals surface area contributed by atoms with Crippen molar-refractivity contribution in [2.45, 2.75) is 82.2 Å². The van der Waals surface area contributed by atoms with Gasteiger partial charge in [-0.25, -0.2) is 24.7 Å². The van der Waals surface area contributed by atoms with Crippen molar-refractivity contribution in [2.24, 2.45) is 0 Å². The molecule has 1 aliphatic carbocycles. The summed E-state index contributed by atoms with van der Waals surface area (Å²) in [6, 6.07) is 14.4. The van der Waals surface area contributed by atoms with Gasteiger partial charge in [-0.15, -0.1) is 0 Å². The Morgan fingerprint density at radius 1 is 0.981 bits per heavy atom. The Kier molecular flexibility index (Phi) is 11.2. The van der Waals surface area contributed by atoms with Crippen LogP contribution in [0.1, 0.15) is 63.7 Å². The fourth-order valence-electron chi connectivity index (χ4n) is 6.29. The van der Waals surface area contributed by atoms with Crippen molar-refractivity contribution >= 4 is 42.5 Å². The van der Waals surface area contributed by atoms with Crippen LogP contribution in [0, 0.1) is 0 Å². The van der Waals surface area contributed by atoms with Gasteiger partial charge in [0.05, 0.1) is 26.1 Å². The number of aliphatic hydroxyl groups excluding tert-OH is 1. The molecule has 0 bridgehead atoms. The number of imidazole rings is 1. The van der Waals surface area contributed by atoms with Crippen molar-refractivity contribution in [2.75, 3.05) is 30.9 Å². The normalized spacial score (nSPS) is 23.2. The zero-order valence-corrected chi connectivity index (χ0v) is 30.7. The van der Waals surface area contributed by atoms with Gasteiger partial charge in [-0.3, -0.25) is 9.13 Å². The Balaban J connectivity index is 1.34. The van der Waals surface area contributed by atoms with Gasteiger partial charge in [-0.05, 0) is 51.7 Å². The highest BCUT2D eigenvalue weighted by atomic mass is 31.2. The van der Waals surface area contributed by atoms with E-state index < -0.39 is 61.8 Å². The van der Waals surface area contributed by atoms with Crippen LogP contribution in [0.4, 0.5) is 11.8 Å². The van der Waals surface area contributed by atoms with Crippen LogP contribution in [-0.4, -0.2) is 85.3 Å². The number of esters is 2. The van der Waals surface area contributed by atoms with E-state index in [1.54, 1.807) is 88.4 Å². The molecule has 0 spiro atoms. The van der Waals surface area contributed by atoms with Crippen LogP contribution >= 0.6 is 7.67 Å². The Hall–Kier alpha value is -4.48. The summed E-state index contributed by atoms with van der Waals surface area (Å²) < 4.78 is 39.2. The van der Waals surface area contributed by atoms with Gasteiger partial charge < -0.3 is 40.0 Å². The first-order chi connectivity index (χ1) is 25.3. The van der Waals surface area contributed by atoms with Crippen molar-refractivity contribution < 1.29 is 43.1 Å². The highest BCUT2D eigenvalue weighted by Crippen LogP contribution is 2.49. The van der Waals surface area contributed by atoms with E-state index in [1.165, 1.54) is 10.9 Å². The number of aliphatic hydroxyl groups is 2. The Morgan fingerprint density at radius 2 is 1.53 bits per heavy atom. The number of nitrogens with two attached hydrogens (primary N) is 1. The highest BCUT2D eigenvalue weighted by Gasteiger charge is 2.62. The van der Waals surface area contributed by atoms with Crippen molar-refractivity contribution in [3.63, 3.8) is 0 Å². The third-order valence-corrected chi connectivity index (χ3v) is 10.8. The SMILES string of the molecule is CCOC(=O)C(NP(=O)(NC(C(=O)OCC)c1ccccc1)OCC1OC(C)(C)C(O)(n2cnc3c(NC4CC4)nc(N)nc32)C1O)c1ccccc1. The second-order valence-corrected chi connectivity index (χ2v) is 15.1. The predicted molar refractivity (Wildman–Crippen MR) is 193 cm³/mol. The lowest BCUT2D eigenvalue weighted by molar-refractivity contribution is -0.176. The van der Waals surface area contributed by atoms with Gasteiger partial charge in [0, 0.05) is 6.04 Å². The third-order valence-electron chi connectivity index (χ3n) is 9.12. The number of nitrogens with zero attached hydrogens (tertiary/aromatic N) is 4. The summed E-state index contributed by atoms with van der Waals surface area (Å²) in [5.41, 5.74) is 3.62. The second kappa shape index (κ2) is 15.5. The average molecular weight is 753 g/mol. The van der Waals surface area contributed by atoms with E-state index in [0.717, 1.165) is 12.8 Å². The van der Waals surface area contributed by atoms with E-state index in [2.05, 4.69) is 30.4 Å². The van der Waals surface area contributed by atoms with E-state index in [-0.39, 0.29) is 30.9 Å². The van der Waals surface area contributed by atoms with Crippen molar-refractivity contribution in [1.29, 1.82) is 0 Å². The van der Waals surface area contributed by atoms with Crippen LogP contribution in [0.3, 0.4) is 0 Å². The molecular weight excluding hydrogens is 707 g/mol. The van der Waals surface area contributed by atoms with Crippen LogP contribution in [-0.2, 0) is 38.6 Å². The molecule has 1 aliphatic heterocycles. The fraction of sp³-hybridized carbons (Fsp3) is 0.457. The maximum atomic E-state index is 15.0. The van der Waals surface area contributed by atoms with Crippen molar-refractivity contribution in [3.05, 3.63) is 78.1 Å². The number of aromatic nitrogens is 4. The first kappa shape index (κ1) is 38.3. The molecule has 1 saturated carbocycles. The second-order valence-electron chi connectivity index (χ2n) is 13.3. The number of nitrogens with one attached hydrogen (secondary N) is 3. The van der Waals surface area contributed by atoms with Gasteiger partial charge in [0.2, 0.25) is 11.7 Å². The monoisotopic (exact) mass is 752 g/mol. The van der Waals surface area contributed by atoms with Crippen LogP contribution in [0.5, 0.6) is 0 Å². The van der Waals surface area contributed by atoms with Gasteiger partial charge in [0.1, 0.15) is 29.9 Å². The van der Waals surface area contributed by atoms with Crippen molar-refractivity contribution in [3.8, 4) is 0 Å². The smallest absolute Gasteiger partial charge is 0.342 e. The Morgan fingerprint density at radius 3 is 2.04 bits per heavy atom. The zero-order chi connectivity index (χ0) is 38.0. The maximum absolute atomic E-state index is 15.0. The summed E-state index contributed by atoms with van der Waals surface area (Å²) in [6.45, 7) is 5.86. The summed E-state index contributed by atoms with van der Waals surface area (Å²) in [4.78, 5) is 39.7. The molecule has 18 heteroatoms. The lowest BCUT2D eigenvalue weighted by Gasteiger charge is -2.37. The summed E-state index contributed by atoms with van der Waals surface area (Å²) in [5, 5.41) is 33.0. The van der Waals surface area contributed by atoms with E-state index >= 15 is 4.57 Å². The number of hydrogen-bond acceptors (Lipinski definition) is 14. The molecule has 53 heavy (non-hydrogen) atoms. The maximum Gasteiger partial charge on any atom is 0.342 e. The molecule has 6 rings (SSSR count).